The van der Waals surface area contributed by atoms with Crippen LogP contribution in [0.4, 0.5) is 24.5 Å². The molecule has 0 saturated carbocycles. The van der Waals surface area contributed by atoms with E-state index in [-0.39, 0.29) is 22.6 Å². The summed E-state index contributed by atoms with van der Waals surface area (Å²) in [7, 11) is 0. The van der Waals surface area contributed by atoms with E-state index in [4.69, 9.17) is 12.2 Å². The van der Waals surface area contributed by atoms with Gasteiger partial charge in [-0.25, -0.2) is 0 Å². The number of aromatic amines is 1. The monoisotopic (exact) mass is 422 g/mol. The second-order valence-corrected chi connectivity index (χ2v) is 6.38. The van der Waals surface area contributed by atoms with Gasteiger partial charge in [0.15, 0.2) is 4.77 Å². The topological polar surface area (TPSA) is 93.0 Å². The Morgan fingerprint density at radius 2 is 1.76 bits per heavy atom. The molecule has 0 aliphatic heterocycles. The number of nitrogens with one attached hydrogen (secondary N) is 2. The summed E-state index contributed by atoms with van der Waals surface area (Å²) in [6, 6.07) is 9.72. The second kappa shape index (κ2) is 7.87. The van der Waals surface area contributed by atoms with E-state index in [1.54, 1.807) is 4.57 Å². The normalized spacial score (nSPS) is 11.3. The van der Waals surface area contributed by atoms with Crippen LogP contribution in [0.15, 0.2) is 54.7 Å². The first-order valence-electron chi connectivity index (χ1n) is 8.16. The van der Waals surface area contributed by atoms with Crippen LogP contribution in [0, 0.1) is 14.9 Å². The average Bonchev–Trinajstić information content (AvgIpc) is 3.01. The minimum atomic E-state index is -4.45. The van der Waals surface area contributed by atoms with E-state index in [1.165, 1.54) is 42.6 Å². The molecule has 7 nitrogen and oxygen atoms in total. The number of carbonyl (C=O) groups excluding carboxylic acids is 1. The lowest BCUT2D eigenvalue weighted by Gasteiger charge is -2.10. The maximum atomic E-state index is 12.6. The van der Waals surface area contributed by atoms with Crippen molar-refractivity contribution in [1.82, 2.24) is 9.55 Å². The van der Waals surface area contributed by atoms with Gasteiger partial charge in [-0.05, 0) is 48.6 Å². The number of amides is 1. The Labute approximate surface area is 166 Å². The van der Waals surface area contributed by atoms with Gasteiger partial charge < -0.3 is 10.3 Å². The van der Waals surface area contributed by atoms with Gasteiger partial charge in [-0.15, -0.1) is 0 Å². The molecular weight excluding hydrogens is 409 g/mol. The third-order valence-electron chi connectivity index (χ3n) is 4.01. The first kappa shape index (κ1) is 20.3. The van der Waals surface area contributed by atoms with Gasteiger partial charge in [0.05, 0.1) is 22.6 Å². The Morgan fingerprint density at radius 1 is 1.14 bits per heavy atom. The van der Waals surface area contributed by atoms with Crippen molar-refractivity contribution >= 4 is 29.5 Å². The van der Waals surface area contributed by atoms with Crippen molar-refractivity contribution in [3.05, 3.63) is 80.9 Å². The summed E-state index contributed by atoms with van der Waals surface area (Å²) in [4.78, 5) is 25.4. The average molecular weight is 422 g/mol. The molecule has 11 heteroatoms. The van der Waals surface area contributed by atoms with Crippen LogP contribution < -0.4 is 5.32 Å². The number of non-ortho nitro benzene ring substituents is 1. The molecule has 1 amide bonds. The van der Waals surface area contributed by atoms with Crippen molar-refractivity contribution in [2.45, 2.75) is 12.6 Å². The Morgan fingerprint density at radius 3 is 2.31 bits per heavy atom. The molecule has 0 atom stereocenters. The summed E-state index contributed by atoms with van der Waals surface area (Å²) in [5, 5.41) is 13.3. The van der Waals surface area contributed by atoms with Gasteiger partial charge >= 0.3 is 6.18 Å². The molecule has 0 fully saturated rings. The Bertz CT molecular complexity index is 1100. The third kappa shape index (κ3) is 4.69. The van der Waals surface area contributed by atoms with E-state index in [9.17, 15) is 28.1 Å². The number of nitrogens with zero attached hydrogens (tertiary/aromatic N) is 2. The molecule has 2 N–H and O–H groups in total. The van der Waals surface area contributed by atoms with E-state index in [0.29, 0.717) is 11.4 Å². The van der Waals surface area contributed by atoms with E-state index in [2.05, 4.69) is 10.3 Å². The SMILES string of the molecule is O=C(Cc1c[nH]c(=S)n1-c1ccc([N+](=O)[O-])cc1)Nc1ccc(C(F)(F)F)cc1. The molecule has 0 spiro atoms. The lowest BCUT2D eigenvalue weighted by Crippen LogP contribution is -2.16. The quantitative estimate of drug-likeness (QED) is 0.356. The number of hydrogen-bond donors (Lipinski definition) is 2. The lowest BCUT2D eigenvalue weighted by atomic mass is 10.2. The van der Waals surface area contributed by atoms with Crippen LogP contribution in [0.25, 0.3) is 5.69 Å². The molecular formula is C18H13F3N4O3S. The molecule has 0 unspecified atom stereocenters. The van der Waals surface area contributed by atoms with Crippen molar-refractivity contribution in [3.63, 3.8) is 0 Å². The highest BCUT2D eigenvalue weighted by Crippen LogP contribution is 2.29. The Kier molecular flexibility index (Phi) is 5.50. The maximum absolute atomic E-state index is 12.6. The smallest absolute Gasteiger partial charge is 0.337 e. The van der Waals surface area contributed by atoms with Crippen LogP contribution in [0.5, 0.6) is 0 Å². The van der Waals surface area contributed by atoms with Gasteiger partial charge in [0.25, 0.3) is 5.69 Å². The number of hydrogen-bond acceptors (Lipinski definition) is 4. The molecule has 3 rings (SSSR count). The molecule has 0 aliphatic rings. The highest BCUT2D eigenvalue weighted by Gasteiger charge is 2.30. The number of nitro benzene ring substituents is 1. The highest BCUT2D eigenvalue weighted by molar-refractivity contribution is 7.71. The van der Waals surface area contributed by atoms with Crippen LogP contribution >= 0.6 is 12.2 Å². The second-order valence-electron chi connectivity index (χ2n) is 5.99. The van der Waals surface area contributed by atoms with Crippen LogP contribution in [-0.2, 0) is 17.4 Å². The Balaban J connectivity index is 1.76. The van der Waals surface area contributed by atoms with E-state index >= 15 is 0 Å². The molecule has 3 aromatic rings. The first-order chi connectivity index (χ1) is 13.6. The van der Waals surface area contributed by atoms with E-state index < -0.39 is 22.6 Å². The number of aromatic nitrogens is 2. The molecule has 1 aromatic heterocycles. The summed E-state index contributed by atoms with van der Waals surface area (Å²) in [5.74, 6) is -0.463. The number of carbonyl (C=O) groups is 1. The molecule has 1 heterocycles. The Hall–Kier alpha value is -3.47. The summed E-state index contributed by atoms with van der Waals surface area (Å²) < 4.78 is 39.7. The van der Waals surface area contributed by atoms with Gasteiger partial charge in [-0.3, -0.25) is 19.5 Å². The highest BCUT2D eigenvalue weighted by atomic mass is 32.1. The van der Waals surface area contributed by atoms with Crippen molar-refractivity contribution in [3.8, 4) is 5.69 Å². The lowest BCUT2D eigenvalue weighted by molar-refractivity contribution is -0.384. The molecule has 2 aromatic carbocycles. The molecule has 0 bridgehead atoms. The number of alkyl halides is 3. The first-order valence-corrected chi connectivity index (χ1v) is 8.57. The van der Waals surface area contributed by atoms with Crippen molar-refractivity contribution in [1.29, 1.82) is 0 Å². The van der Waals surface area contributed by atoms with E-state index in [0.717, 1.165) is 12.1 Å². The minimum Gasteiger partial charge on any atom is -0.337 e. The van der Waals surface area contributed by atoms with Crippen molar-refractivity contribution in [2.24, 2.45) is 0 Å². The fraction of sp³-hybridized carbons (Fsp3) is 0.111. The summed E-state index contributed by atoms with van der Waals surface area (Å²) in [6.45, 7) is 0. The number of rotatable bonds is 5. The molecule has 0 radical (unpaired) electrons. The largest absolute Gasteiger partial charge is 0.416 e. The van der Waals surface area contributed by atoms with Gasteiger partial charge in [0.2, 0.25) is 5.91 Å². The zero-order chi connectivity index (χ0) is 21.2. The summed E-state index contributed by atoms with van der Waals surface area (Å²) in [5.41, 5.74) is 0.330. The number of nitro groups is 1. The van der Waals surface area contributed by atoms with Crippen LogP contribution in [-0.4, -0.2) is 20.4 Å². The molecule has 0 aliphatic carbocycles. The van der Waals surface area contributed by atoms with Crippen LogP contribution in [0.3, 0.4) is 0 Å². The summed E-state index contributed by atoms with van der Waals surface area (Å²) in [6.07, 6.45) is -3.05. The predicted molar refractivity (Wildman–Crippen MR) is 101 cm³/mol. The predicted octanol–water partition coefficient (Wildman–Crippen LogP) is 4.64. The molecule has 150 valence electrons. The molecule has 0 saturated heterocycles. The number of anilines is 1. The number of H-pyrrole nitrogens is 1. The third-order valence-corrected chi connectivity index (χ3v) is 4.31. The fourth-order valence-electron chi connectivity index (χ4n) is 2.65. The van der Waals surface area contributed by atoms with Gasteiger partial charge in [0.1, 0.15) is 0 Å². The van der Waals surface area contributed by atoms with E-state index in [1.807, 2.05) is 0 Å². The standard InChI is InChI=1S/C18H13F3N4O3S/c19-18(20,21)11-1-3-12(4-2-11)23-16(26)9-15-10-22-17(29)24(15)13-5-7-14(8-6-13)25(27)28/h1-8,10H,9H2,(H,22,29)(H,23,26). The zero-order valence-electron chi connectivity index (χ0n) is 14.6. The number of benzene rings is 2. The van der Waals surface area contributed by atoms with Gasteiger partial charge in [-0.1, -0.05) is 0 Å². The van der Waals surface area contributed by atoms with Crippen LogP contribution in [0.1, 0.15) is 11.3 Å². The maximum Gasteiger partial charge on any atom is 0.416 e. The zero-order valence-corrected chi connectivity index (χ0v) is 15.4. The summed E-state index contributed by atoms with van der Waals surface area (Å²) >= 11 is 5.21. The van der Waals surface area contributed by atoms with Crippen LogP contribution in [0.2, 0.25) is 0 Å². The number of imidazole rings is 1. The minimum absolute atomic E-state index is 0.0857. The van der Waals surface area contributed by atoms with Crippen molar-refractivity contribution in [2.75, 3.05) is 5.32 Å². The fourth-order valence-corrected chi connectivity index (χ4v) is 2.93. The number of halogens is 3. The molecule has 29 heavy (non-hydrogen) atoms. The van der Waals surface area contributed by atoms with Gasteiger partial charge in [-0.2, -0.15) is 13.2 Å². The van der Waals surface area contributed by atoms with Crippen molar-refractivity contribution < 1.29 is 22.9 Å². The van der Waals surface area contributed by atoms with Gasteiger partial charge in [0, 0.05) is 29.7 Å².